The van der Waals surface area contributed by atoms with Gasteiger partial charge in [-0.1, -0.05) is 34.1 Å². The Morgan fingerprint density at radius 3 is 2.75 bits per heavy atom. The fourth-order valence-electron chi connectivity index (χ4n) is 1.71. The molecule has 2 aromatic rings. The Morgan fingerprint density at radius 1 is 1.30 bits per heavy atom. The van der Waals surface area contributed by atoms with Gasteiger partial charge in [0.05, 0.1) is 5.56 Å². The van der Waals surface area contributed by atoms with Gasteiger partial charge in [0.2, 0.25) is 0 Å². The van der Waals surface area contributed by atoms with Gasteiger partial charge in [0, 0.05) is 17.2 Å². The zero-order chi connectivity index (χ0) is 14.4. The molecule has 0 saturated carbocycles. The molecule has 1 aromatic carbocycles. The van der Waals surface area contributed by atoms with Crippen LogP contribution in [0.4, 0.5) is 0 Å². The second-order valence-electron chi connectivity index (χ2n) is 4.14. The van der Waals surface area contributed by atoms with Crippen molar-refractivity contribution in [3.8, 4) is 6.07 Å². The Kier molecular flexibility index (Phi) is 4.85. The monoisotopic (exact) mass is 329 g/mol. The van der Waals surface area contributed by atoms with E-state index in [-0.39, 0.29) is 5.91 Å². The molecule has 5 heteroatoms. The summed E-state index contributed by atoms with van der Waals surface area (Å²) in [4.78, 5) is 15.7. The van der Waals surface area contributed by atoms with Gasteiger partial charge in [0.15, 0.2) is 0 Å². The number of hydrogen-bond donors (Lipinski definition) is 1. The summed E-state index contributed by atoms with van der Waals surface area (Å²) in [5.74, 6) is -0.186. The van der Waals surface area contributed by atoms with Crippen molar-refractivity contribution in [2.24, 2.45) is 0 Å². The maximum absolute atomic E-state index is 11.9. The summed E-state index contributed by atoms with van der Waals surface area (Å²) < 4.78 is 1.04. The molecule has 0 unspecified atom stereocenters. The van der Waals surface area contributed by atoms with Crippen LogP contribution in [0.15, 0.2) is 47.1 Å². The van der Waals surface area contributed by atoms with E-state index in [9.17, 15) is 4.79 Å². The van der Waals surface area contributed by atoms with Crippen molar-refractivity contribution in [2.75, 3.05) is 6.54 Å². The van der Waals surface area contributed by atoms with E-state index in [0.717, 1.165) is 16.5 Å². The molecule has 2 rings (SSSR count). The first-order chi connectivity index (χ1) is 9.70. The lowest BCUT2D eigenvalue weighted by Crippen LogP contribution is -2.25. The van der Waals surface area contributed by atoms with Crippen LogP contribution in [-0.4, -0.2) is 17.4 Å². The molecule has 1 aromatic heterocycles. The number of rotatable bonds is 4. The highest BCUT2D eigenvalue weighted by Crippen LogP contribution is 2.15. The van der Waals surface area contributed by atoms with Gasteiger partial charge in [0.1, 0.15) is 11.8 Å². The number of halogens is 1. The third-order valence-electron chi connectivity index (χ3n) is 2.78. The minimum Gasteiger partial charge on any atom is -0.352 e. The van der Waals surface area contributed by atoms with Crippen molar-refractivity contribution < 1.29 is 4.79 Å². The third kappa shape index (κ3) is 3.65. The number of hydrogen-bond acceptors (Lipinski definition) is 3. The summed E-state index contributed by atoms with van der Waals surface area (Å²) in [6.07, 6.45) is 2.16. The minimum absolute atomic E-state index is 0.186. The van der Waals surface area contributed by atoms with Crippen LogP contribution < -0.4 is 5.32 Å². The van der Waals surface area contributed by atoms with E-state index >= 15 is 0 Å². The Hall–Kier alpha value is -2.19. The molecule has 0 aliphatic carbocycles. The Bertz CT molecular complexity index is 647. The molecule has 0 radical (unpaired) electrons. The van der Waals surface area contributed by atoms with E-state index in [0.29, 0.717) is 17.8 Å². The number of benzene rings is 1. The standard InChI is InChI=1S/C15H12BrN3O/c16-14-4-2-1-3-11(14)7-8-18-15(20)12-5-6-13(9-17)19-10-12/h1-6,10H,7-8H2,(H,18,20). The van der Waals surface area contributed by atoms with E-state index in [2.05, 4.69) is 26.2 Å². The number of pyridine rings is 1. The van der Waals surface area contributed by atoms with Crippen LogP contribution in [-0.2, 0) is 6.42 Å². The maximum Gasteiger partial charge on any atom is 0.252 e. The van der Waals surface area contributed by atoms with E-state index in [1.54, 1.807) is 6.07 Å². The average molecular weight is 330 g/mol. The first-order valence-corrected chi connectivity index (χ1v) is 6.88. The largest absolute Gasteiger partial charge is 0.352 e. The zero-order valence-corrected chi connectivity index (χ0v) is 12.2. The van der Waals surface area contributed by atoms with Crippen LogP contribution in [0, 0.1) is 11.3 Å². The van der Waals surface area contributed by atoms with Gasteiger partial charge in [-0.3, -0.25) is 4.79 Å². The van der Waals surface area contributed by atoms with Gasteiger partial charge in [-0.15, -0.1) is 0 Å². The summed E-state index contributed by atoms with van der Waals surface area (Å²) in [5, 5.41) is 11.5. The molecular formula is C15H12BrN3O. The van der Waals surface area contributed by atoms with Gasteiger partial charge < -0.3 is 5.32 Å². The van der Waals surface area contributed by atoms with Gasteiger partial charge in [-0.2, -0.15) is 5.26 Å². The maximum atomic E-state index is 11.9. The molecule has 0 fully saturated rings. The highest BCUT2D eigenvalue weighted by molar-refractivity contribution is 9.10. The Morgan fingerprint density at radius 2 is 2.10 bits per heavy atom. The van der Waals surface area contributed by atoms with Gasteiger partial charge in [-0.25, -0.2) is 4.98 Å². The normalized spacial score (nSPS) is 9.80. The van der Waals surface area contributed by atoms with Gasteiger partial charge in [-0.05, 0) is 30.2 Å². The molecule has 0 saturated heterocycles. The zero-order valence-electron chi connectivity index (χ0n) is 10.6. The number of carbonyl (C=O) groups is 1. The molecule has 20 heavy (non-hydrogen) atoms. The summed E-state index contributed by atoms with van der Waals surface area (Å²) >= 11 is 3.47. The second kappa shape index (κ2) is 6.83. The van der Waals surface area contributed by atoms with Crippen LogP contribution in [0.2, 0.25) is 0 Å². The molecular weight excluding hydrogens is 318 g/mol. The van der Waals surface area contributed by atoms with E-state index in [1.807, 2.05) is 30.3 Å². The van der Waals surface area contributed by atoms with Crippen LogP contribution in [0.25, 0.3) is 0 Å². The fourth-order valence-corrected chi connectivity index (χ4v) is 2.19. The molecule has 1 amide bonds. The minimum atomic E-state index is -0.186. The van der Waals surface area contributed by atoms with Crippen molar-refractivity contribution in [1.29, 1.82) is 5.26 Å². The third-order valence-corrected chi connectivity index (χ3v) is 3.55. The molecule has 0 atom stereocenters. The van der Waals surface area contributed by atoms with E-state index in [1.165, 1.54) is 12.3 Å². The quantitative estimate of drug-likeness (QED) is 0.937. The summed E-state index contributed by atoms with van der Waals surface area (Å²) in [7, 11) is 0. The lowest BCUT2D eigenvalue weighted by Gasteiger charge is -2.06. The number of nitrogens with one attached hydrogen (secondary N) is 1. The molecule has 0 bridgehead atoms. The number of nitrogens with zero attached hydrogens (tertiary/aromatic N) is 2. The highest BCUT2D eigenvalue weighted by Gasteiger charge is 2.06. The smallest absolute Gasteiger partial charge is 0.252 e. The molecule has 100 valence electrons. The number of aromatic nitrogens is 1. The highest BCUT2D eigenvalue weighted by atomic mass is 79.9. The number of amides is 1. The van der Waals surface area contributed by atoms with E-state index in [4.69, 9.17) is 5.26 Å². The summed E-state index contributed by atoms with van der Waals surface area (Å²) in [6.45, 7) is 0.543. The van der Waals surface area contributed by atoms with Crippen molar-refractivity contribution in [1.82, 2.24) is 10.3 Å². The molecule has 0 spiro atoms. The second-order valence-corrected chi connectivity index (χ2v) is 5.00. The molecule has 0 aliphatic rings. The van der Waals surface area contributed by atoms with Crippen LogP contribution >= 0.6 is 15.9 Å². The predicted molar refractivity (Wildman–Crippen MR) is 79.1 cm³/mol. The van der Waals surface area contributed by atoms with Crippen molar-refractivity contribution >= 4 is 21.8 Å². The molecule has 4 nitrogen and oxygen atoms in total. The first-order valence-electron chi connectivity index (χ1n) is 6.08. The molecule has 1 heterocycles. The SMILES string of the molecule is N#Cc1ccc(C(=O)NCCc2ccccc2Br)cn1. The fraction of sp³-hybridized carbons (Fsp3) is 0.133. The van der Waals surface area contributed by atoms with Crippen molar-refractivity contribution in [2.45, 2.75) is 6.42 Å². The topological polar surface area (TPSA) is 65.8 Å². The van der Waals surface area contributed by atoms with Crippen molar-refractivity contribution in [3.63, 3.8) is 0 Å². The van der Waals surface area contributed by atoms with Crippen LogP contribution in [0.1, 0.15) is 21.6 Å². The van der Waals surface area contributed by atoms with Gasteiger partial charge >= 0.3 is 0 Å². The van der Waals surface area contributed by atoms with Crippen molar-refractivity contribution in [3.05, 3.63) is 63.9 Å². The van der Waals surface area contributed by atoms with Crippen LogP contribution in [0.3, 0.4) is 0 Å². The lowest BCUT2D eigenvalue weighted by atomic mass is 10.1. The molecule has 0 aliphatic heterocycles. The van der Waals surface area contributed by atoms with Crippen LogP contribution in [0.5, 0.6) is 0 Å². The van der Waals surface area contributed by atoms with E-state index < -0.39 is 0 Å². The number of carbonyl (C=O) groups excluding carboxylic acids is 1. The Labute approximate surface area is 125 Å². The number of nitriles is 1. The predicted octanol–water partition coefficient (Wildman–Crippen LogP) is 2.69. The average Bonchev–Trinajstić information content (AvgIpc) is 2.49. The van der Waals surface area contributed by atoms with Gasteiger partial charge in [0.25, 0.3) is 5.91 Å². The summed E-state index contributed by atoms with van der Waals surface area (Å²) in [6, 6.07) is 12.9. The molecule has 1 N–H and O–H groups in total. The lowest BCUT2D eigenvalue weighted by molar-refractivity contribution is 0.0954. The Balaban J connectivity index is 1.89. The first kappa shape index (κ1) is 14.2. The summed E-state index contributed by atoms with van der Waals surface area (Å²) in [5.41, 5.74) is 1.90.